The number of hydrogen-bond donors (Lipinski definition) is 0. The lowest BCUT2D eigenvalue weighted by atomic mass is 9.92. The Morgan fingerprint density at radius 3 is 1.67 bits per heavy atom. The molecular weight excluding hydrogens is 208 g/mol. The van der Waals surface area contributed by atoms with Gasteiger partial charge in [0.2, 0.25) is 0 Å². The van der Waals surface area contributed by atoms with E-state index in [1.165, 1.54) is 0 Å². The van der Waals surface area contributed by atoms with Crippen LogP contribution in [0.5, 0.6) is 0 Å². The van der Waals surface area contributed by atoms with Gasteiger partial charge in [0.15, 0.2) is 9.84 Å². The quantitative estimate of drug-likeness (QED) is 0.738. The van der Waals surface area contributed by atoms with Crippen LogP contribution in [0.2, 0.25) is 0 Å². The fraction of sp³-hybridized carbons (Fsp3) is 0.667. The van der Waals surface area contributed by atoms with Gasteiger partial charge in [-0.15, -0.1) is 0 Å². The van der Waals surface area contributed by atoms with Gasteiger partial charge in [0.1, 0.15) is 0 Å². The van der Waals surface area contributed by atoms with Crippen LogP contribution in [0.3, 0.4) is 0 Å². The fourth-order valence-electron chi connectivity index (χ4n) is 2.07. The molecule has 2 aliphatic rings. The highest BCUT2D eigenvalue weighted by Crippen LogP contribution is 2.41. The molecule has 0 heterocycles. The molecule has 0 aromatic rings. The molecule has 3 heteroatoms. The van der Waals surface area contributed by atoms with E-state index in [1.54, 1.807) is 0 Å². The Balaban J connectivity index is 2.11. The third-order valence-corrected chi connectivity index (χ3v) is 5.50. The highest BCUT2D eigenvalue weighted by Gasteiger charge is 2.35. The topological polar surface area (TPSA) is 34.1 Å². The maximum absolute atomic E-state index is 12.0. The number of sulfone groups is 1. The van der Waals surface area contributed by atoms with Gasteiger partial charge in [0, 0.05) is 9.81 Å². The van der Waals surface area contributed by atoms with Crippen LogP contribution in [0, 0.1) is 11.8 Å². The lowest BCUT2D eigenvalue weighted by molar-refractivity contribution is 0.540. The minimum Gasteiger partial charge on any atom is -0.219 e. The second kappa shape index (κ2) is 3.78. The Hall–Kier alpha value is -0.570. The summed E-state index contributed by atoms with van der Waals surface area (Å²) in [6, 6.07) is 0. The largest absolute Gasteiger partial charge is 0.219 e. The maximum atomic E-state index is 12.0. The Morgan fingerprint density at radius 2 is 1.40 bits per heavy atom. The van der Waals surface area contributed by atoms with Gasteiger partial charge in [-0.2, -0.15) is 0 Å². The molecule has 2 rings (SSSR count). The molecule has 2 aliphatic carbocycles. The second-order valence-electron chi connectivity index (χ2n) is 4.51. The molecule has 0 spiro atoms. The third-order valence-electron chi connectivity index (χ3n) is 3.51. The number of rotatable bonds is 4. The van der Waals surface area contributed by atoms with E-state index in [1.807, 2.05) is 12.2 Å². The highest BCUT2D eigenvalue weighted by atomic mass is 32.2. The maximum Gasteiger partial charge on any atom is 0.198 e. The van der Waals surface area contributed by atoms with E-state index in [0.29, 0.717) is 21.6 Å². The van der Waals surface area contributed by atoms with Gasteiger partial charge in [-0.05, 0) is 37.5 Å². The summed E-state index contributed by atoms with van der Waals surface area (Å²) in [5.41, 5.74) is 0. The Kier molecular flexibility index (Phi) is 2.75. The molecule has 2 unspecified atom stereocenters. The first-order chi connectivity index (χ1) is 7.07. The third kappa shape index (κ3) is 1.78. The predicted octanol–water partition coefficient (Wildman–Crippen LogP) is 3.03. The predicted molar refractivity (Wildman–Crippen MR) is 61.9 cm³/mol. The number of hydrogen-bond acceptors (Lipinski definition) is 2. The van der Waals surface area contributed by atoms with Crippen LogP contribution in [0.4, 0.5) is 0 Å². The first kappa shape index (κ1) is 10.9. The summed E-state index contributed by atoms with van der Waals surface area (Å²) in [4.78, 5) is 1.32. The zero-order valence-electron chi connectivity index (χ0n) is 9.36. The Labute approximate surface area is 92.0 Å². The summed E-state index contributed by atoms with van der Waals surface area (Å²) in [5, 5.41) is 0. The van der Waals surface area contributed by atoms with Gasteiger partial charge in [-0.3, -0.25) is 0 Å². The first-order valence-electron chi connectivity index (χ1n) is 5.74. The molecule has 15 heavy (non-hydrogen) atoms. The molecule has 2 nitrogen and oxygen atoms in total. The second-order valence-corrected chi connectivity index (χ2v) is 6.57. The molecule has 0 amide bonds. The number of allylic oxidation sites excluding steroid dienone is 4. The molecule has 2 atom stereocenters. The average molecular weight is 226 g/mol. The summed E-state index contributed by atoms with van der Waals surface area (Å²) in [5.74, 6) is 0.995. The summed E-state index contributed by atoms with van der Waals surface area (Å²) < 4.78 is 24.0. The van der Waals surface area contributed by atoms with Crippen molar-refractivity contribution in [1.82, 2.24) is 0 Å². The Bertz CT molecular complexity index is 381. The lowest BCUT2D eigenvalue weighted by Gasteiger charge is -2.29. The van der Waals surface area contributed by atoms with Crippen molar-refractivity contribution >= 4 is 9.84 Å². The molecular formula is C12H18O2S. The summed E-state index contributed by atoms with van der Waals surface area (Å²) in [6.07, 6.45) is 7.47. The monoisotopic (exact) mass is 226 g/mol. The van der Waals surface area contributed by atoms with Crippen molar-refractivity contribution in [2.45, 2.75) is 39.5 Å². The van der Waals surface area contributed by atoms with Crippen LogP contribution in [0.25, 0.3) is 0 Å². The normalized spacial score (nSPS) is 30.0. The lowest BCUT2D eigenvalue weighted by Crippen LogP contribution is -2.23. The Morgan fingerprint density at radius 1 is 1.07 bits per heavy atom. The zero-order chi connectivity index (χ0) is 11.1. The van der Waals surface area contributed by atoms with Crippen LogP contribution in [0.1, 0.15) is 39.5 Å². The average Bonchev–Trinajstić information content (AvgIpc) is 1.98. The molecule has 0 saturated carbocycles. The molecule has 0 bridgehead atoms. The van der Waals surface area contributed by atoms with Crippen LogP contribution >= 0.6 is 0 Å². The van der Waals surface area contributed by atoms with Crippen molar-refractivity contribution in [3.63, 3.8) is 0 Å². The van der Waals surface area contributed by atoms with E-state index in [9.17, 15) is 8.42 Å². The summed E-state index contributed by atoms with van der Waals surface area (Å²) in [6.45, 7) is 4.20. The van der Waals surface area contributed by atoms with Gasteiger partial charge in [-0.25, -0.2) is 8.42 Å². The molecule has 0 N–H and O–H groups in total. The van der Waals surface area contributed by atoms with Crippen molar-refractivity contribution in [1.29, 1.82) is 0 Å². The summed E-state index contributed by atoms with van der Waals surface area (Å²) >= 11 is 0. The van der Waals surface area contributed by atoms with E-state index in [0.717, 1.165) is 25.7 Å². The van der Waals surface area contributed by atoms with Gasteiger partial charge in [-0.1, -0.05) is 26.0 Å². The highest BCUT2D eigenvalue weighted by molar-refractivity contribution is 7.99. The van der Waals surface area contributed by atoms with E-state index >= 15 is 0 Å². The van der Waals surface area contributed by atoms with Crippen LogP contribution in [0.15, 0.2) is 22.0 Å². The van der Waals surface area contributed by atoms with Crippen molar-refractivity contribution in [2.24, 2.45) is 11.8 Å². The fourth-order valence-corrected chi connectivity index (χ4v) is 4.01. The standard InChI is InChI=1S/C12H18O2S/c1-3-9-5-11(6-9)15(13,14)12-7-10(4-2)8-12/h5,7,9-10H,3-4,6,8H2,1-2H3. The van der Waals surface area contributed by atoms with E-state index in [-0.39, 0.29) is 0 Å². The minimum absolute atomic E-state index is 0.498. The molecule has 0 aliphatic heterocycles. The van der Waals surface area contributed by atoms with E-state index < -0.39 is 9.84 Å². The molecule has 84 valence electrons. The van der Waals surface area contributed by atoms with Gasteiger partial charge < -0.3 is 0 Å². The zero-order valence-corrected chi connectivity index (χ0v) is 10.2. The molecule has 0 aromatic heterocycles. The van der Waals surface area contributed by atoms with Crippen LogP contribution in [-0.2, 0) is 9.84 Å². The smallest absolute Gasteiger partial charge is 0.198 e. The van der Waals surface area contributed by atoms with Crippen molar-refractivity contribution in [2.75, 3.05) is 0 Å². The summed E-state index contributed by atoms with van der Waals surface area (Å²) in [7, 11) is -3.03. The van der Waals surface area contributed by atoms with E-state index in [2.05, 4.69) is 13.8 Å². The minimum atomic E-state index is -3.03. The molecule has 0 saturated heterocycles. The van der Waals surface area contributed by atoms with Crippen LogP contribution < -0.4 is 0 Å². The molecule has 0 radical (unpaired) electrons. The van der Waals surface area contributed by atoms with Crippen molar-refractivity contribution < 1.29 is 8.42 Å². The molecule has 0 fully saturated rings. The van der Waals surface area contributed by atoms with E-state index in [4.69, 9.17) is 0 Å². The van der Waals surface area contributed by atoms with Gasteiger partial charge >= 0.3 is 0 Å². The molecule has 0 aromatic carbocycles. The van der Waals surface area contributed by atoms with Gasteiger partial charge in [0.25, 0.3) is 0 Å². The SMILES string of the molecule is CCC1C=C(S(=O)(=O)C2=CC(CC)C2)C1. The van der Waals surface area contributed by atoms with Crippen molar-refractivity contribution in [3.05, 3.63) is 22.0 Å². The van der Waals surface area contributed by atoms with Gasteiger partial charge in [0.05, 0.1) is 0 Å². The van der Waals surface area contributed by atoms with Crippen LogP contribution in [-0.4, -0.2) is 8.42 Å². The van der Waals surface area contributed by atoms with Crippen molar-refractivity contribution in [3.8, 4) is 0 Å². The first-order valence-corrected chi connectivity index (χ1v) is 7.22.